The smallest absolute Gasteiger partial charge is 0.307 e. The third-order valence-electron chi connectivity index (χ3n) is 7.72. The molecule has 0 heterocycles. The van der Waals surface area contributed by atoms with Crippen molar-refractivity contribution in [1.29, 1.82) is 0 Å². The van der Waals surface area contributed by atoms with Crippen LogP contribution in [0.2, 0.25) is 5.02 Å². The minimum absolute atomic E-state index is 0.101. The van der Waals surface area contributed by atoms with E-state index >= 15 is 0 Å². The van der Waals surface area contributed by atoms with Crippen LogP contribution in [0.4, 0.5) is 0 Å². The number of rotatable bonds is 6. The molecule has 0 amide bonds. The van der Waals surface area contributed by atoms with Crippen LogP contribution in [0.5, 0.6) is 5.75 Å². The lowest BCUT2D eigenvalue weighted by Gasteiger charge is -2.51. The number of hydrogen-bond acceptors (Lipinski definition) is 3. The molecule has 2 aliphatic rings. The lowest BCUT2D eigenvalue weighted by Crippen LogP contribution is -2.59. The van der Waals surface area contributed by atoms with Gasteiger partial charge in [0.05, 0.1) is 17.0 Å². The third-order valence-corrected chi connectivity index (χ3v) is 8.11. The van der Waals surface area contributed by atoms with E-state index in [0.29, 0.717) is 11.4 Å². The fourth-order valence-electron chi connectivity index (χ4n) is 5.19. The topological polar surface area (TPSA) is 58.6 Å². The lowest BCUT2D eigenvalue weighted by atomic mass is 9.58. The molecule has 0 aliphatic heterocycles. The van der Waals surface area contributed by atoms with Crippen LogP contribution >= 0.6 is 11.6 Å². The number of benzene rings is 2. The highest BCUT2D eigenvalue weighted by molar-refractivity contribution is 6.37. The molecule has 0 bridgehead atoms. The van der Waals surface area contributed by atoms with Crippen LogP contribution < -0.4 is 10.1 Å². The van der Waals surface area contributed by atoms with Crippen LogP contribution in [0, 0.1) is 17.3 Å². The Hall–Kier alpha value is -1.78. The zero-order valence-corrected chi connectivity index (χ0v) is 19.7. The molecule has 0 spiro atoms. The number of ether oxygens (including phenoxy) is 1. The molecule has 2 fully saturated rings. The number of carbonyl (C=O) groups is 1. The van der Waals surface area contributed by atoms with Crippen molar-refractivity contribution in [3.63, 3.8) is 0 Å². The number of nitrogens with one attached hydrogen (secondary N) is 1. The Morgan fingerprint density at radius 2 is 1.87 bits per heavy atom. The number of halogens is 1. The molecule has 4 nitrogen and oxygen atoms in total. The van der Waals surface area contributed by atoms with Gasteiger partial charge in [0.25, 0.3) is 0 Å². The minimum atomic E-state index is -0.701. The molecule has 2 aliphatic carbocycles. The lowest BCUT2D eigenvalue weighted by molar-refractivity contribution is -0.155. The molecule has 2 aromatic rings. The van der Waals surface area contributed by atoms with Gasteiger partial charge in [-0.2, -0.15) is 0 Å². The van der Waals surface area contributed by atoms with Crippen molar-refractivity contribution >= 4 is 28.3 Å². The quantitative estimate of drug-likeness (QED) is 0.528. The van der Waals surface area contributed by atoms with E-state index in [0.717, 1.165) is 40.8 Å². The van der Waals surface area contributed by atoms with E-state index in [1.807, 2.05) is 19.9 Å². The highest BCUT2D eigenvalue weighted by atomic mass is 35.5. The van der Waals surface area contributed by atoms with Crippen LogP contribution in [0.25, 0.3) is 10.8 Å². The minimum Gasteiger partial charge on any atom is -0.489 e. The summed E-state index contributed by atoms with van der Waals surface area (Å²) in [5.74, 6) is 0.574. The van der Waals surface area contributed by atoms with Gasteiger partial charge in [0.2, 0.25) is 0 Å². The van der Waals surface area contributed by atoms with Crippen molar-refractivity contribution in [3.05, 3.63) is 40.9 Å². The zero-order valence-electron chi connectivity index (χ0n) is 19.0. The molecule has 0 aromatic heterocycles. The van der Waals surface area contributed by atoms with E-state index in [9.17, 15) is 9.90 Å². The van der Waals surface area contributed by atoms with Crippen LogP contribution in [0.1, 0.15) is 71.4 Å². The molecule has 3 atom stereocenters. The van der Waals surface area contributed by atoms with Gasteiger partial charge in [-0.1, -0.05) is 50.6 Å². The Labute approximate surface area is 190 Å². The monoisotopic (exact) mass is 443 g/mol. The molecule has 5 heteroatoms. The maximum Gasteiger partial charge on any atom is 0.307 e. The number of carboxylic acids is 1. The Balaban J connectivity index is 1.50. The average molecular weight is 444 g/mol. The molecule has 0 saturated heterocycles. The Bertz CT molecular complexity index is 965. The molecule has 31 heavy (non-hydrogen) atoms. The van der Waals surface area contributed by atoms with Gasteiger partial charge in [0, 0.05) is 17.5 Å². The summed E-state index contributed by atoms with van der Waals surface area (Å²) in [4.78, 5) is 11.4. The Morgan fingerprint density at radius 3 is 2.52 bits per heavy atom. The predicted octanol–water partition coefficient (Wildman–Crippen LogP) is 6.60. The van der Waals surface area contributed by atoms with E-state index in [-0.39, 0.29) is 29.5 Å². The molecular formula is C26H34ClNO3. The average Bonchev–Trinajstić information content (AvgIpc) is 2.73. The van der Waals surface area contributed by atoms with Crippen LogP contribution in [0.3, 0.4) is 0 Å². The fraction of sp³-hybridized carbons (Fsp3) is 0.577. The first-order chi connectivity index (χ1) is 14.7. The van der Waals surface area contributed by atoms with Crippen LogP contribution in [-0.2, 0) is 4.79 Å². The summed E-state index contributed by atoms with van der Waals surface area (Å²) in [7, 11) is 0. The Morgan fingerprint density at radius 1 is 1.19 bits per heavy atom. The first-order valence-corrected chi connectivity index (χ1v) is 11.9. The summed E-state index contributed by atoms with van der Waals surface area (Å²) in [6.07, 6.45) is 5.51. The highest BCUT2D eigenvalue weighted by Gasteiger charge is 2.52. The highest BCUT2D eigenvalue weighted by Crippen LogP contribution is 2.47. The standard InChI is InChI=1S/C26H34ClNO3/c1-15-5-10-19(11-6-15)31-22-12-9-17-7-8-18(13-20(17)24(22)27)16(2)28-23-14-21(25(29)30)26(23,3)4/h7-9,12-13,15-16,19,21,23,28H,5-6,10-11,14H2,1-4H3,(H,29,30)/t15?,16?,19?,21-,23-/m1/s1. The molecule has 168 valence electrons. The summed E-state index contributed by atoms with van der Waals surface area (Å²) in [6.45, 7) is 8.50. The second kappa shape index (κ2) is 8.63. The predicted molar refractivity (Wildman–Crippen MR) is 126 cm³/mol. The van der Waals surface area contributed by atoms with Crippen molar-refractivity contribution in [3.8, 4) is 5.75 Å². The van der Waals surface area contributed by atoms with Gasteiger partial charge in [-0.25, -0.2) is 0 Å². The van der Waals surface area contributed by atoms with Gasteiger partial charge in [-0.15, -0.1) is 0 Å². The largest absolute Gasteiger partial charge is 0.489 e. The molecule has 0 radical (unpaired) electrons. The van der Waals surface area contributed by atoms with Crippen molar-refractivity contribution in [2.45, 2.75) is 78.0 Å². The number of carboxylic acid groups (broad SMARTS) is 1. The van der Waals surface area contributed by atoms with E-state index in [2.05, 4.69) is 43.4 Å². The fourth-order valence-corrected chi connectivity index (χ4v) is 5.46. The summed E-state index contributed by atoms with van der Waals surface area (Å²) >= 11 is 6.80. The van der Waals surface area contributed by atoms with Gasteiger partial charge in [-0.05, 0) is 73.4 Å². The van der Waals surface area contributed by atoms with Gasteiger partial charge in [0.1, 0.15) is 5.75 Å². The summed E-state index contributed by atoms with van der Waals surface area (Å²) in [6, 6.07) is 10.7. The van der Waals surface area contributed by atoms with E-state index in [1.54, 1.807) is 0 Å². The Kier molecular flexibility index (Phi) is 6.24. The third kappa shape index (κ3) is 4.42. The van der Waals surface area contributed by atoms with Gasteiger partial charge < -0.3 is 15.2 Å². The molecule has 2 aromatic carbocycles. The number of hydrogen-bond donors (Lipinski definition) is 2. The first kappa shape index (κ1) is 22.4. The van der Waals surface area contributed by atoms with Crippen molar-refractivity contribution in [2.75, 3.05) is 0 Å². The second-order valence-corrected chi connectivity index (χ2v) is 10.6. The number of aliphatic carboxylic acids is 1. The molecule has 4 rings (SSSR count). The molecule has 1 unspecified atom stereocenters. The van der Waals surface area contributed by atoms with Gasteiger partial charge in [-0.3, -0.25) is 4.79 Å². The van der Waals surface area contributed by atoms with Crippen LogP contribution in [0.15, 0.2) is 30.3 Å². The molecular weight excluding hydrogens is 410 g/mol. The SMILES string of the molecule is CC1CCC(Oc2ccc3ccc(C(C)N[C@@H]4C[C@H](C(=O)O)C4(C)C)cc3c2Cl)CC1. The van der Waals surface area contributed by atoms with Gasteiger partial charge >= 0.3 is 5.97 Å². The summed E-state index contributed by atoms with van der Waals surface area (Å²) in [5, 5.41) is 15.8. The maximum atomic E-state index is 11.4. The van der Waals surface area contributed by atoms with E-state index in [4.69, 9.17) is 16.3 Å². The van der Waals surface area contributed by atoms with Crippen molar-refractivity contribution < 1.29 is 14.6 Å². The number of fused-ring (bicyclic) bond motifs is 1. The van der Waals surface area contributed by atoms with Gasteiger partial charge in [0.15, 0.2) is 0 Å². The van der Waals surface area contributed by atoms with E-state index < -0.39 is 5.97 Å². The maximum absolute atomic E-state index is 11.4. The van der Waals surface area contributed by atoms with Crippen molar-refractivity contribution in [2.24, 2.45) is 17.3 Å². The second-order valence-electron chi connectivity index (χ2n) is 10.2. The molecule has 2 N–H and O–H groups in total. The molecule has 2 saturated carbocycles. The van der Waals surface area contributed by atoms with Crippen molar-refractivity contribution in [1.82, 2.24) is 5.32 Å². The summed E-state index contributed by atoms with van der Waals surface area (Å²) in [5.41, 5.74) is 0.889. The van der Waals surface area contributed by atoms with Crippen LogP contribution in [-0.4, -0.2) is 23.2 Å². The summed E-state index contributed by atoms with van der Waals surface area (Å²) < 4.78 is 6.29. The normalized spacial score (nSPS) is 28.7. The van der Waals surface area contributed by atoms with E-state index in [1.165, 1.54) is 12.8 Å². The zero-order chi connectivity index (χ0) is 22.3. The first-order valence-electron chi connectivity index (χ1n) is 11.5.